The van der Waals surface area contributed by atoms with E-state index >= 15 is 0 Å². The molecule has 152 valence electrons. The molecule has 3 aromatic rings. The molecule has 0 aliphatic carbocycles. The molecule has 0 spiro atoms. The average Bonchev–Trinajstić information content (AvgIpc) is 3.22. The van der Waals surface area contributed by atoms with Gasteiger partial charge < -0.3 is 19.5 Å². The van der Waals surface area contributed by atoms with Crippen LogP contribution in [0.4, 0.5) is 5.95 Å². The zero-order chi connectivity index (χ0) is 20.4. The van der Waals surface area contributed by atoms with E-state index in [1.54, 1.807) is 20.5 Å². The van der Waals surface area contributed by atoms with Crippen molar-refractivity contribution in [3.63, 3.8) is 0 Å². The lowest BCUT2D eigenvalue weighted by Gasteiger charge is -2.32. The smallest absolute Gasteiger partial charge is 0.222 e. The number of nitrogens with zero attached hydrogens (tertiary/aromatic N) is 3. The number of ether oxygens (including phenoxy) is 3. The van der Waals surface area contributed by atoms with Crippen molar-refractivity contribution in [3.8, 4) is 17.2 Å². The lowest BCUT2D eigenvalue weighted by atomic mass is 9.92. The van der Waals surface area contributed by atoms with E-state index in [-0.39, 0.29) is 12.1 Å². The van der Waals surface area contributed by atoms with Crippen LogP contribution in [0.5, 0.6) is 17.2 Å². The van der Waals surface area contributed by atoms with Gasteiger partial charge in [0.2, 0.25) is 5.95 Å². The van der Waals surface area contributed by atoms with Gasteiger partial charge >= 0.3 is 0 Å². The van der Waals surface area contributed by atoms with Crippen molar-refractivity contribution in [2.24, 2.45) is 0 Å². The van der Waals surface area contributed by atoms with E-state index in [0.717, 1.165) is 17.5 Å². The number of aromatic nitrogens is 3. The quantitative estimate of drug-likeness (QED) is 0.640. The predicted octanol–water partition coefficient (Wildman–Crippen LogP) is 4.49. The summed E-state index contributed by atoms with van der Waals surface area (Å²) in [4.78, 5) is 4.39. The van der Waals surface area contributed by atoms with Crippen molar-refractivity contribution in [1.29, 1.82) is 0 Å². The molecule has 0 unspecified atom stereocenters. The summed E-state index contributed by atoms with van der Waals surface area (Å²) in [6.07, 6.45) is 2.29. The number of methoxy groups -OCH3 is 2. The number of hydrogen-bond acceptors (Lipinski definition) is 6. The highest BCUT2D eigenvalue weighted by molar-refractivity contribution is 6.32. The van der Waals surface area contributed by atoms with E-state index in [1.807, 2.05) is 48.0 Å². The van der Waals surface area contributed by atoms with E-state index in [9.17, 15) is 0 Å². The molecule has 2 aromatic carbocycles. The first-order valence-corrected chi connectivity index (χ1v) is 9.83. The normalized spacial score (nSPS) is 17.9. The Kier molecular flexibility index (Phi) is 5.49. The fourth-order valence-electron chi connectivity index (χ4n) is 3.78. The second kappa shape index (κ2) is 8.21. The van der Waals surface area contributed by atoms with E-state index in [1.165, 1.54) is 0 Å². The molecule has 8 heteroatoms. The van der Waals surface area contributed by atoms with Gasteiger partial charge in [0.05, 0.1) is 37.9 Å². The molecule has 29 heavy (non-hydrogen) atoms. The third kappa shape index (κ3) is 3.58. The number of halogens is 1. The van der Waals surface area contributed by atoms with Crippen LogP contribution in [0.15, 0.2) is 42.7 Å². The van der Waals surface area contributed by atoms with E-state index in [0.29, 0.717) is 34.8 Å². The standard InChI is InChI=1S/C21H23ClN4O3/c1-4-29-18-9-8-13(10-15(18)22)16-11-17(26-21(25-16)23-12-24-26)14-6-5-7-19(27-2)20(14)28-3/h5-10,12,16-17H,4,11H2,1-3H3,(H,23,24,25)/t16-,17-/m1/s1. The van der Waals surface area contributed by atoms with Crippen molar-refractivity contribution in [3.05, 3.63) is 58.9 Å². The maximum atomic E-state index is 6.42. The lowest BCUT2D eigenvalue weighted by Crippen LogP contribution is -2.28. The van der Waals surface area contributed by atoms with E-state index in [2.05, 4.69) is 15.4 Å². The molecule has 1 aliphatic heterocycles. The minimum Gasteiger partial charge on any atom is -0.493 e. The summed E-state index contributed by atoms with van der Waals surface area (Å²) < 4.78 is 18.6. The number of hydrogen-bond donors (Lipinski definition) is 1. The van der Waals surface area contributed by atoms with Gasteiger partial charge in [0.15, 0.2) is 11.5 Å². The molecule has 2 heterocycles. The van der Waals surface area contributed by atoms with Crippen LogP contribution in [0.2, 0.25) is 5.02 Å². The maximum absolute atomic E-state index is 6.42. The summed E-state index contributed by atoms with van der Waals surface area (Å²) in [6, 6.07) is 11.7. The minimum atomic E-state index is -0.0749. The third-order valence-electron chi connectivity index (χ3n) is 5.08. The van der Waals surface area contributed by atoms with Crippen LogP contribution in [0.1, 0.15) is 36.6 Å². The Bertz CT molecular complexity index is 1010. The van der Waals surface area contributed by atoms with Gasteiger partial charge in [-0.1, -0.05) is 29.8 Å². The summed E-state index contributed by atoms with van der Waals surface area (Å²) in [5.74, 6) is 2.77. The van der Waals surface area contributed by atoms with Crippen LogP contribution in [-0.4, -0.2) is 35.6 Å². The summed E-state index contributed by atoms with van der Waals surface area (Å²) in [5.41, 5.74) is 2.04. The molecule has 0 fully saturated rings. The summed E-state index contributed by atoms with van der Waals surface area (Å²) in [6.45, 7) is 2.51. The minimum absolute atomic E-state index is 0.000726. The molecule has 7 nitrogen and oxygen atoms in total. The lowest BCUT2D eigenvalue weighted by molar-refractivity contribution is 0.338. The Balaban J connectivity index is 1.73. The molecule has 1 aliphatic rings. The van der Waals surface area contributed by atoms with Crippen molar-refractivity contribution in [1.82, 2.24) is 14.8 Å². The average molecular weight is 415 g/mol. The number of nitrogens with one attached hydrogen (secondary N) is 1. The van der Waals surface area contributed by atoms with Gasteiger partial charge in [-0.05, 0) is 37.1 Å². The van der Waals surface area contributed by atoms with Crippen molar-refractivity contribution < 1.29 is 14.2 Å². The second-order valence-electron chi connectivity index (χ2n) is 6.68. The largest absolute Gasteiger partial charge is 0.493 e. The predicted molar refractivity (Wildman–Crippen MR) is 111 cm³/mol. The number of anilines is 1. The SMILES string of the molecule is CCOc1ccc([C@H]2C[C@H](c3cccc(OC)c3OC)n3ncnc3N2)cc1Cl. The van der Waals surface area contributed by atoms with Gasteiger partial charge in [-0.3, -0.25) is 0 Å². The molecular formula is C21H23ClN4O3. The first-order valence-electron chi connectivity index (χ1n) is 9.45. The van der Waals surface area contributed by atoms with Crippen LogP contribution >= 0.6 is 11.6 Å². The van der Waals surface area contributed by atoms with Gasteiger partial charge in [-0.15, -0.1) is 0 Å². The first-order chi connectivity index (χ1) is 14.2. The van der Waals surface area contributed by atoms with E-state index in [4.69, 9.17) is 25.8 Å². The summed E-state index contributed by atoms with van der Waals surface area (Å²) in [5, 5.41) is 8.48. The van der Waals surface area contributed by atoms with Crippen molar-refractivity contribution in [2.45, 2.75) is 25.4 Å². The van der Waals surface area contributed by atoms with Crippen molar-refractivity contribution in [2.75, 3.05) is 26.1 Å². The van der Waals surface area contributed by atoms with Crippen LogP contribution < -0.4 is 19.5 Å². The van der Waals surface area contributed by atoms with Crippen LogP contribution in [-0.2, 0) is 0 Å². The summed E-state index contributed by atoms with van der Waals surface area (Å²) in [7, 11) is 3.28. The highest BCUT2D eigenvalue weighted by atomic mass is 35.5. The Morgan fingerprint density at radius 3 is 2.76 bits per heavy atom. The molecule has 0 bridgehead atoms. The fraction of sp³-hybridized carbons (Fsp3) is 0.333. The maximum Gasteiger partial charge on any atom is 0.222 e. The Morgan fingerprint density at radius 2 is 2.03 bits per heavy atom. The second-order valence-corrected chi connectivity index (χ2v) is 7.09. The van der Waals surface area contributed by atoms with Gasteiger partial charge in [-0.25, -0.2) is 4.68 Å². The Morgan fingerprint density at radius 1 is 1.17 bits per heavy atom. The van der Waals surface area contributed by atoms with Gasteiger partial charge in [-0.2, -0.15) is 10.1 Å². The third-order valence-corrected chi connectivity index (χ3v) is 5.38. The number of fused-ring (bicyclic) bond motifs is 1. The summed E-state index contributed by atoms with van der Waals surface area (Å²) >= 11 is 6.42. The highest BCUT2D eigenvalue weighted by Crippen LogP contribution is 2.44. The molecule has 0 radical (unpaired) electrons. The topological polar surface area (TPSA) is 70.4 Å². The van der Waals surface area contributed by atoms with Crippen LogP contribution in [0, 0.1) is 0 Å². The van der Waals surface area contributed by atoms with Crippen LogP contribution in [0.25, 0.3) is 0 Å². The Hall–Kier alpha value is -2.93. The van der Waals surface area contributed by atoms with Crippen LogP contribution in [0.3, 0.4) is 0 Å². The molecule has 0 amide bonds. The molecule has 0 saturated heterocycles. The van der Waals surface area contributed by atoms with Crippen molar-refractivity contribution >= 4 is 17.5 Å². The van der Waals surface area contributed by atoms with E-state index < -0.39 is 0 Å². The monoisotopic (exact) mass is 414 g/mol. The fourth-order valence-corrected chi connectivity index (χ4v) is 4.02. The number of rotatable bonds is 6. The first kappa shape index (κ1) is 19.4. The number of para-hydroxylation sites is 1. The number of benzene rings is 2. The molecule has 1 N–H and O–H groups in total. The molecule has 1 aromatic heterocycles. The molecule has 0 saturated carbocycles. The van der Waals surface area contributed by atoms with Gasteiger partial charge in [0.25, 0.3) is 0 Å². The van der Waals surface area contributed by atoms with Gasteiger partial charge in [0.1, 0.15) is 12.1 Å². The zero-order valence-electron chi connectivity index (χ0n) is 16.6. The van der Waals surface area contributed by atoms with Gasteiger partial charge in [0, 0.05) is 5.56 Å². The zero-order valence-corrected chi connectivity index (χ0v) is 17.3. The molecule has 2 atom stereocenters. The molecule has 4 rings (SSSR count). The highest BCUT2D eigenvalue weighted by Gasteiger charge is 2.32. The molecular weight excluding hydrogens is 392 g/mol. The Labute approximate surface area is 174 Å².